The summed E-state index contributed by atoms with van der Waals surface area (Å²) in [5, 5.41) is 10.4. The van der Waals surface area contributed by atoms with E-state index in [1.807, 2.05) is 0 Å². The number of hydrogen-bond acceptors (Lipinski definition) is 1. The maximum atomic E-state index is 10.4. The van der Waals surface area contributed by atoms with Crippen LogP contribution >= 0.6 is 0 Å². The molecule has 0 amide bonds. The number of hydrogen-bond donors (Lipinski definition) is 1. The molecule has 3 unspecified atom stereocenters. The van der Waals surface area contributed by atoms with Gasteiger partial charge >= 0.3 is 0 Å². The van der Waals surface area contributed by atoms with Gasteiger partial charge in [0.1, 0.15) is 0 Å². The molecule has 0 saturated heterocycles. The van der Waals surface area contributed by atoms with E-state index in [-0.39, 0.29) is 5.60 Å². The summed E-state index contributed by atoms with van der Waals surface area (Å²) in [6.07, 6.45) is 7.74. The zero-order chi connectivity index (χ0) is 11.8. The molecule has 4 atom stereocenters. The molecule has 1 nitrogen and oxygen atoms in total. The van der Waals surface area contributed by atoms with E-state index in [9.17, 15) is 5.11 Å². The topological polar surface area (TPSA) is 20.2 Å². The molecule has 0 spiro atoms. The van der Waals surface area contributed by atoms with Crippen LogP contribution in [0.5, 0.6) is 0 Å². The minimum absolute atomic E-state index is 0.359. The molecule has 3 aliphatic carbocycles. The normalized spacial score (nSPS) is 58.7. The predicted molar refractivity (Wildman–Crippen MR) is 66.1 cm³/mol. The van der Waals surface area contributed by atoms with E-state index in [0.29, 0.717) is 22.2 Å². The van der Waals surface area contributed by atoms with Gasteiger partial charge in [-0.3, -0.25) is 0 Å². The highest BCUT2D eigenvalue weighted by atomic mass is 16.3. The Labute approximate surface area is 99.6 Å². The van der Waals surface area contributed by atoms with Gasteiger partial charge in [-0.15, -0.1) is 0 Å². The first kappa shape index (κ1) is 11.1. The molecule has 0 aromatic rings. The largest absolute Gasteiger partial charge is 0.390 e. The maximum Gasteiger partial charge on any atom is 0.0653 e. The molecular weight excluding hydrogens is 196 g/mol. The molecule has 0 bridgehead atoms. The molecule has 3 saturated carbocycles. The second kappa shape index (κ2) is 2.68. The molecule has 3 rings (SSSR count). The number of rotatable bonds is 1. The predicted octanol–water partition coefficient (Wildman–Crippen LogP) is 3.75. The second-order valence-corrected chi connectivity index (χ2v) is 7.84. The Morgan fingerprint density at radius 2 is 1.62 bits per heavy atom. The van der Waals surface area contributed by atoms with E-state index in [4.69, 9.17) is 0 Å². The highest BCUT2D eigenvalue weighted by Crippen LogP contribution is 2.80. The van der Waals surface area contributed by atoms with Crippen LogP contribution in [0.1, 0.15) is 66.2 Å². The van der Waals surface area contributed by atoms with Gasteiger partial charge in [0.05, 0.1) is 5.60 Å². The van der Waals surface area contributed by atoms with Gasteiger partial charge in [-0.2, -0.15) is 0 Å². The smallest absolute Gasteiger partial charge is 0.0653 e. The first-order chi connectivity index (χ1) is 7.25. The van der Waals surface area contributed by atoms with Crippen molar-refractivity contribution < 1.29 is 5.11 Å². The van der Waals surface area contributed by atoms with Crippen molar-refractivity contribution in [3.05, 3.63) is 0 Å². The van der Waals surface area contributed by atoms with Gasteiger partial charge in [0.2, 0.25) is 0 Å². The average Bonchev–Trinajstić information content (AvgIpc) is 2.78. The summed E-state index contributed by atoms with van der Waals surface area (Å²) in [5.74, 6) is 0.599. The molecule has 0 heterocycles. The van der Waals surface area contributed by atoms with E-state index in [0.717, 1.165) is 6.42 Å². The van der Waals surface area contributed by atoms with Crippen molar-refractivity contribution >= 4 is 0 Å². The van der Waals surface area contributed by atoms with Crippen molar-refractivity contribution in [2.45, 2.75) is 71.8 Å². The molecule has 1 N–H and O–H groups in total. The fourth-order valence-electron chi connectivity index (χ4n) is 5.35. The van der Waals surface area contributed by atoms with E-state index in [2.05, 4.69) is 27.7 Å². The number of fused-ring (bicyclic) bond motifs is 1. The lowest BCUT2D eigenvalue weighted by Gasteiger charge is -2.45. The summed E-state index contributed by atoms with van der Waals surface area (Å²) in [6, 6.07) is 0. The third-order valence-corrected chi connectivity index (χ3v) is 6.97. The van der Waals surface area contributed by atoms with Crippen molar-refractivity contribution in [2.75, 3.05) is 0 Å². The molecule has 3 fully saturated rings. The first-order valence-corrected chi connectivity index (χ1v) is 6.98. The second-order valence-electron chi connectivity index (χ2n) is 7.84. The van der Waals surface area contributed by atoms with Crippen LogP contribution in [0.15, 0.2) is 0 Å². The van der Waals surface area contributed by atoms with E-state index < -0.39 is 0 Å². The summed E-state index contributed by atoms with van der Waals surface area (Å²) in [5.41, 5.74) is 1.09. The van der Waals surface area contributed by atoms with Crippen LogP contribution in [0, 0.1) is 22.2 Å². The SMILES string of the molecule is CC1(O)CCC2([C@]3(C)CCCC3(C)C)CC12. The van der Waals surface area contributed by atoms with Gasteiger partial charge in [0.15, 0.2) is 0 Å². The molecule has 0 aliphatic heterocycles. The molecular formula is C15H26O. The van der Waals surface area contributed by atoms with Crippen molar-refractivity contribution in [1.29, 1.82) is 0 Å². The van der Waals surface area contributed by atoms with Gasteiger partial charge in [0, 0.05) is 0 Å². The molecule has 92 valence electrons. The molecule has 0 radical (unpaired) electrons. The third kappa shape index (κ3) is 1.02. The van der Waals surface area contributed by atoms with Crippen LogP contribution < -0.4 is 0 Å². The van der Waals surface area contributed by atoms with Gasteiger partial charge in [0.25, 0.3) is 0 Å². The first-order valence-electron chi connectivity index (χ1n) is 6.98. The fraction of sp³-hybridized carbons (Fsp3) is 1.00. The van der Waals surface area contributed by atoms with E-state index in [1.54, 1.807) is 0 Å². The van der Waals surface area contributed by atoms with E-state index >= 15 is 0 Å². The minimum Gasteiger partial charge on any atom is -0.390 e. The summed E-state index contributed by atoms with van der Waals surface area (Å²) < 4.78 is 0. The lowest BCUT2D eigenvalue weighted by Crippen LogP contribution is -2.39. The Kier molecular flexibility index (Phi) is 1.86. The molecule has 0 aromatic heterocycles. The third-order valence-electron chi connectivity index (χ3n) is 6.97. The maximum absolute atomic E-state index is 10.4. The van der Waals surface area contributed by atoms with Crippen LogP contribution in [0.4, 0.5) is 0 Å². The fourth-order valence-corrected chi connectivity index (χ4v) is 5.35. The van der Waals surface area contributed by atoms with Crippen LogP contribution in [-0.2, 0) is 0 Å². The van der Waals surface area contributed by atoms with Gasteiger partial charge in [-0.05, 0) is 61.2 Å². The van der Waals surface area contributed by atoms with Crippen molar-refractivity contribution in [3.63, 3.8) is 0 Å². The monoisotopic (exact) mass is 222 g/mol. The highest BCUT2D eigenvalue weighted by molar-refractivity contribution is 5.24. The Bertz CT molecular complexity index is 330. The Morgan fingerprint density at radius 1 is 0.938 bits per heavy atom. The van der Waals surface area contributed by atoms with Crippen LogP contribution in [0.3, 0.4) is 0 Å². The average molecular weight is 222 g/mol. The Balaban J connectivity index is 1.96. The minimum atomic E-state index is -0.359. The van der Waals surface area contributed by atoms with Crippen LogP contribution in [0.25, 0.3) is 0 Å². The molecule has 1 heteroatoms. The molecule has 0 aromatic carbocycles. The summed E-state index contributed by atoms with van der Waals surface area (Å²) >= 11 is 0. The highest BCUT2D eigenvalue weighted by Gasteiger charge is 2.75. The lowest BCUT2D eigenvalue weighted by atomic mass is 9.59. The van der Waals surface area contributed by atoms with Gasteiger partial charge in [-0.1, -0.05) is 27.2 Å². The standard InChI is InChI=1S/C15H26O/c1-12(2)6-5-7-14(12,4)15-9-8-13(3,16)11(15)10-15/h11,16H,5-10H2,1-4H3/t11?,13?,14-,15?/m1/s1. The Morgan fingerprint density at radius 3 is 2.00 bits per heavy atom. The van der Waals surface area contributed by atoms with Crippen molar-refractivity contribution in [1.82, 2.24) is 0 Å². The summed E-state index contributed by atoms with van der Waals surface area (Å²) in [7, 11) is 0. The quantitative estimate of drug-likeness (QED) is 0.716. The van der Waals surface area contributed by atoms with E-state index in [1.165, 1.54) is 32.1 Å². The molecule has 16 heavy (non-hydrogen) atoms. The van der Waals surface area contributed by atoms with Gasteiger partial charge < -0.3 is 5.11 Å². The van der Waals surface area contributed by atoms with Gasteiger partial charge in [-0.25, -0.2) is 0 Å². The zero-order valence-electron chi connectivity index (χ0n) is 11.3. The van der Waals surface area contributed by atoms with Crippen molar-refractivity contribution in [2.24, 2.45) is 22.2 Å². The lowest BCUT2D eigenvalue weighted by molar-refractivity contribution is 0.0142. The molecule has 3 aliphatic rings. The zero-order valence-corrected chi connectivity index (χ0v) is 11.3. The summed E-state index contributed by atoms with van der Waals surface area (Å²) in [6.45, 7) is 9.49. The Hall–Kier alpha value is -0.0400. The number of aliphatic hydroxyl groups is 1. The van der Waals surface area contributed by atoms with Crippen LogP contribution in [-0.4, -0.2) is 10.7 Å². The summed E-state index contributed by atoms with van der Waals surface area (Å²) in [4.78, 5) is 0. The van der Waals surface area contributed by atoms with Crippen LogP contribution in [0.2, 0.25) is 0 Å². The van der Waals surface area contributed by atoms with Crippen molar-refractivity contribution in [3.8, 4) is 0 Å².